The van der Waals surface area contributed by atoms with E-state index in [-0.39, 0.29) is 10.8 Å². The summed E-state index contributed by atoms with van der Waals surface area (Å²) in [5.74, 6) is 0. The highest BCUT2D eigenvalue weighted by molar-refractivity contribution is 5.80. The number of fused-ring (bicyclic) bond motifs is 1. The van der Waals surface area contributed by atoms with E-state index in [1.54, 1.807) is 0 Å². The third-order valence-corrected chi connectivity index (χ3v) is 10.6. The molecule has 0 saturated heterocycles. The number of aryl methyl sites for hydroxylation is 4. The minimum atomic E-state index is 0.00405. The van der Waals surface area contributed by atoms with Gasteiger partial charge in [-0.3, -0.25) is 0 Å². The van der Waals surface area contributed by atoms with Crippen molar-refractivity contribution in [2.24, 2.45) is 0 Å². The monoisotopic (exact) mass is 577 g/mol. The standard InChI is InChI=1S/C43H47N/c1-8-42(9-2,36-15-11-13-30(4)26-36)35-18-20-38(21-19-35)44(41-24-17-32(6)25-33(41)7)39-22-23-40-34(28-39)29-43(40,10-3)37-16-12-14-31(5)27-37/h11-28H,8-10,29H2,1-7H3. The van der Waals surface area contributed by atoms with Crippen molar-refractivity contribution in [2.45, 2.75) is 85.0 Å². The van der Waals surface area contributed by atoms with Gasteiger partial charge in [0.25, 0.3) is 0 Å². The minimum Gasteiger partial charge on any atom is -0.310 e. The van der Waals surface area contributed by atoms with Crippen molar-refractivity contribution in [3.8, 4) is 0 Å². The first kappa shape index (κ1) is 29.9. The topological polar surface area (TPSA) is 3.24 Å². The molecule has 0 fully saturated rings. The molecule has 0 N–H and O–H groups in total. The normalized spacial score (nSPS) is 15.9. The molecular weight excluding hydrogens is 530 g/mol. The summed E-state index contributed by atoms with van der Waals surface area (Å²) in [6.45, 7) is 15.8. The third-order valence-electron chi connectivity index (χ3n) is 10.6. The molecule has 0 aromatic heterocycles. The average Bonchev–Trinajstić information content (AvgIpc) is 3.01. The summed E-state index contributed by atoms with van der Waals surface area (Å²) in [6, 6.07) is 41.7. The van der Waals surface area contributed by atoms with Crippen LogP contribution < -0.4 is 4.90 Å². The highest BCUT2D eigenvalue weighted by atomic mass is 15.1. The van der Waals surface area contributed by atoms with Gasteiger partial charge in [-0.05, 0) is 117 Å². The second kappa shape index (κ2) is 11.8. The van der Waals surface area contributed by atoms with Crippen LogP contribution in [0.1, 0.15) is 90.1 Å². The zero-order valence-electron chi connectivity index (χ0n) is 27.7. The molecule has 224 valence electrons. The highest BCUT2D eigenvalue weighted by Crippen LogP contribution is 2.51. The van der Waals surface area contributed by atoms with Gasteiger partial charge in [-0.2, -0.15) is 0 Å². The van der Waals surface area contributed by atoms with Gasteiger partial charge in [0.2, 0.25) is 0 Å². The van der Waals surface area contributed by atoms with Crippen LogP contribution in [0, 0.1) is 27.7 Å². The van der Waals surface area contributed by atoms with Gasteiger partial charge in [-0.25, -0.2) is 0 Å². The lowest BCUT2D eigenvalue weighted by atomic mass is 9.59. The Balaban J connectivity index is 1.43. The predicted molar refractivity (Wildman–Crippen MR) is 189 cm³/mol. The lowest BCUT2D eigenvalue weighted by Crippen LogP contribution is -2.39. The number of hydrogen-bond acceptors (Lipinski definition) is 1. The molecule has 1 aliphatic carbocycles. The van der Waals surface area contributed by atoms with Crippen LogP contribution in [0.5, 0.6) is 0 Å². The van der Waals surface area contributed by atoms with Crippen LogP contribution in [-0.2, 0) is 17.3 Å². The summed E-state index contributed by atoms with van der Waals surface area (Å²) in [4.78, 5) is 2.46. The summed E-state index contributed by atoms with van der Waals surface area (Å²) in [7, 11) is 0. The Morgan fingerprint density at radius 3 is 1.89 bits per heavy atom. The Bertz CT molecular complexity index is 1790. The number of rotatable bonds is 9. The van der Waals surface area contributed by atoms with Gasteiger partial charge < -0.3 is 4.90 Å². The molecule has 44 heavy (non-hydrogen) atoms. The summed E-state index contributed by atoms with van der Waals surface area (Å²) in [5.41, 5.74) is 16.2. The lowest BCUT2D eigenvalue weighted by molar-refractivity contribution is 0.432. The van der Waals surface area contributed by atoms with E-state index < -0.39 is 0 Å². The van der Waals surface area contributed by atoms with Gasteiger partial charge in [0, 0.05) is 27.9 Å². The highest BCUT2D eigenvalue weighted by Gasteiger charge is 2.43. The Morgan fingerprint density at radius 1 is 0.614 bits per heavy atom. The van der Waals surface area contributed by atoms with Crippen molar-refractivity contribution < 1.29 is 0 Å². The van der Waals surface area contributed by atoms with Gasteiger partial charge in [-0.1, -0.05) is 116 Å². The number of anilines is 3. The smallest absolute Gasteiger partial charge is 0.0490 e. The molecule has 0 heterocycles. The van der Waals surface area contributed by atoms with Gasteiger partial charge in [-0.15, -0.1) is 0 Å². The first-order valence-electron chi connectivity index (χ1n) is 16.5. The van der Waals surface area contributed by atoms with Crippen LogP contribution in [0.2, 0.25) is 0 Å². The van der Waals surface area contributed by atoms with Crippen LogP contribution in [0.25, 0.3) is 0 Å². The summed E-state index contributed by atoms with van der Waals surface area (Å²) < 4.78 is 0. The van der Waals surface area contributed by atoms with E-state index in [4.69, 9.17) is 0 Å². The molecule has 1 atom stereocenters. The minimum absolute atomic E-state index is 0.00405. The lowest BCUT2D eigenvalue weighted by Gasteiger charge is -2.45. The molecule has 0 aliphatic heterocycles. The Labute approximate surface area is 265 Å². The molecule has 0 spiro atoms. The average molecular weight is 578 g/mol. The van der Waals surface area contributed by atoms with Crippen LogP contribution in [0.4, 0.5) is 17.1 Å². The molecule has 1 aliphatic rings. The van der Waals surface area contributed by atoms with Crippen LogP contribution in [-0.4, -0.2) is 0 Å². The molecule has 0 amide bonds. The van der Waals surface area contributed by atoms with Crippen LogP contribution in [0.15, 0.2) is 109 Å². The van der Waals surface area contributed by atoms with E-state index in [9.17, 15) is 0 Å². The molecule has 1 nitrogen and oxygen atoms in total. The predicted octanol–water partition coefficient (Wildman–Crippen LogP) is 11.7. The zero-order valence-corrected chi connectivity index (χ0v) is 27.7. The van der Waals surface area contributed by atoms with Crippen molar-refractivity contribution in [3.63, 3.8) is 0 Å². The SMILES string of the molecule is CCC(CC)(c1ccc(N(c2ccc3c(c2)CC3(CC)c2cccc(C)c2)c2ccc(C)cc2C)cc1)c1cccc(C)c1. The van der Waals surface area contributed by atoms with E-state index in [1.807, 2.05) is 0 Å². The van der Waals surface area contributed by atoms with E-state index in [0.29, 0.717) is 0 Å². The van der Waals surface area contributed by atoms with Crippen molar-refractivity contribution in [2.75, 3.05) is 4.90 Å². The Morgan fingerprint density at radius 2 is 1.27 bits per heavy atom. The second-order valence-corrected chi connectivity index (χ2v) is 13.2. The second-order valence-electron chi connectivity index (χ2n) is 13.2. The fourth-order valence-electron chi connectivity index (χ4n) is 7.95. The van der Waals surface area contributed by atoms with Crippen LogP contribution in [0.3, 0.4) is 0 Å². The third kappa shape index (κ3) is 4.97. The van der Waals surface area contributed by atoms with Crippen molar-refractivity contribution in [1.82, 2.24) is 0 Å². The molecule has 1 heteroatoms. The molecule has 6 rings (SSSR count). The molecule has 0 radical (unpaired) electrons. The van der Waals surface area contributed by atoms with Crippen molar-refractivity contribution in [1.29, 1.82) is 0 Å². The fraction of sp³-hybridized carbons (Fsp3) is 0.302. The quantitative estimate of drug-likeness (QED) is 0.168. The summed E-state index contributed by atoms with van der Waals surface area (Å²) in [6.07, 6.45) is 4.33. The molecule has 5 aromatic rings. The maximum atomic E-state index is 2.46. The van der Waals surface area contributed by atoms with E-state index in [0.717, 1.165) is 25.7 Å². The fourth-order valence-corrected chi connectivity index (χ4v) is 7.95. The van der Waals surface area contributed by atoms with E-state index in [2.05, 4.69) is 163 Å². The van der Waals surface area contributed by atoms with Gasteiger partial charge in [0.15, 0.2) is 0 Å². The van der Waals surface area contributed by atoms with Gasteiger partial charge >= 0.3 is 0 Å². The Hall–Kier alpha value is -4.10. The molecule has 5 aromatic carbocycles. The maximum Gasteiger partial charge on any atom is 0.0490 e. The van der Waals surface area contributed by atoms with E-state index in [1.165, 1.54) is 67.1 Å². The first-order chi connectivity index (χ1) is 21.2. The van der Waals surface area contributed by atoms with Crippen LogP contribution >= 0.6 is 0 Å². The van der Waals surface area contributed by atoms with Gasteiger partial charge in [0.05, 0.1) is 0 Å². The molecule has 0 bridgehead atoms. The summed E-state index contributed by atoms with van der Waals surface area (Å²) in [5, 5.41) is 0. The van der Waals surface area contributed by atoms with Gasteiger partial charge in [0.1, 0.15) is 0 Å². The van der Waals surface area contributed by atoms with E-state index >= 15 is 0 Å². The zero-order chi connectivity index (χ0) is 31.1. The summed E-state index contributed by atoms with van der Waals surface area (Å²) >= 11 is 0. The first-order valence-corrected chi connectivity index (χ1v) is 16.5. The number of hydrogen-bond donors (Lipinski definition) is 0. The molecular formula is C43H47N. The Kier molecular flexibility index (Phi) is 8.01. The van der Waals surface area contributed by atoms with Crippen molar-refractivity contribution in [3.05, 3.63) is 159 Å². The van der Waals surface area contributed by atoms with Crippen molar-refractivity contribution >= 4 is 17.1 Å². The largest absolute Gasteiger partial charge is 0.310 e. The number of nitrogens with zero attached hydrogens (tertiary/aromatic N) is 1. The number of benzene rings is 5. The maximum absolute atomic E-state index is 2.46. The molecule has 1 unspecified atom stereocenters. The molecule has 0 saturated carbocycles.